The molecular formula is C18H24N2O3. The van der Waals surface area contributed by atoms with E-state index in [4.69, 9.17) is 9.26 Å². The third kappa shape index (κ3) is 4.34. The van der Waals surface area contributed by atoms with Crippen molar-refractivity contribution in [3.05, 3.63) is 41.2 Å². The molecule has 2 aromatic rings. The zero-order valence-corrected chi connectivity index (χ0v) is 14.6. The number of amides is 1. The Hall–Kier alpha value is -2.30. The van der Waals surface area contributed by atoms with Gasteiger partial charge in [0.05, 0.1) is 0 Å². The van der Waals surface area contributed by atoms with Crippen LogP contribution in [0.15, 0.2) is 28.8 Å². The zero-order valence-electron chi connectivity index (χ0n) is 14.6. The number of carbonyl (C=O) groups excluding carboxylic acids is 1. The number of hydrogen-bond donors (Lipinski definition) is 1. The maximum Gasteiger partial charge on any atom is 0.266 e. The molecule has 1 aromatic carbocycles. The number of hydrogen-bond acceptors (Lipinski definition) is 4. The molecule has 2 rings (SSSR count). The summed E-state index contributed by atoms with van der Waals surface area (Å²) in [7, 11) is 0. The monoisotopic (exact) mass is 316 g/mol. The van der Waals surface area contributed by atoms with Crippen molar-refractivity contribution < 1.29 is 14.1 Å². The molecule has 0 saturated carbocycles. The van der Waals surface area contributed by atoms with Crippen LogP contribution in [0.25, 0.3) is 0 Å². The van der Waals surface area contributed by atoms with E-state index in [-0.39, 0.29) is 11.3 Å². The van der Waals surface area contributed by atoms with Crippen LogP contribution in [0.5, 0.6) is 5.75 Å². The van der Waals surface area contributed by atoms with E-state index in [9.17, 15) is 4.79 Å². The molecule has 1 aromatic heterocycles. The van der Waals surface area contributed by atoms with Gasteiger partial charge in [0.15, 0.2) is 11.9 Å². The van der Waals surface area contributed by atoms with E-state index in [2.05, 4.69) is 10.5 Å². The first-order valence-corrected chi connectivity index (χ1v) is 7.69. The van der Waals surface area contributed by atoms with Gasteiger partial charge in [-0.15, -0.1) is 0 Å². The van der Waals surface area contributed by atoms with Gasteiger partial charge >= 0.3 is 0 Å². The summed E-state index contributed by atoms with van der Waals surface area (Å²) in [4.78, 5) is 12.2. The number of benzene rings is 1. The topological polar surface area (TPSA) is 64.4 Å². The van der Waals surface area contributed by atoms with Crippen LogP contribution in [0, 0.1) is 13.8 Å². The van der Waals surface area contributed by atoms with Crippen LogP contribution in [-0.4, -0.2) is 17.2 Å². The third-order valence-corrected chi connectivity index (χ3v) is 3.66. The number of rotatable bonds is 4. The van der Waals surface area contributed by atoms with Gasteiger partial charge in [-0.05, 0) is 44.0 Å². The number of nitrogens with one attached hydrogen (secondary N) is 1. The summed E-state index contributed by atoms with van der Waals surface area (Å²) in [5.41, 5.74) is 2.16. The molecule has 0 aliphatic rings. The summed E-state index contributed by atoms with van der Waals surface area (Å²) in [6, 6.07) is 7.50. The van der Waals surface area contributed by atoms with Gasteiger partial charge in [0, 0.05) is 11.5 Å². The van der Waals surface area contributed by atoms with Crippen LogP contribution >= 0.6 is 0 Å². The van der Waals surface area contributed by atoms with Gasteiger partial charge in [-0.25, -0.2) is 0 Å². The Bertz CT molecular complexity index is 699. The lowest BCUT2D eigenvalue weighted by Crippen LogP contribution is -2.30. The Morgan fingerprint density at radius 3 is 2.48 bits per heavy atom. The summed E-state index contributed by atoms with van der Waals surface area (Å²) >= 11 is 0. The minimum atomic E-state index is -0.633. The summed E-state index contributed by atoms with van der Waals surface area (Å²) in [6.07, 6.45) is -0.633. The molecule has 1 atom stereocenters. The molecule has 0 radical (unpaired) electrons. The van der Waals surface area contributed by atoms with Crippen LogP contribution in [0.3, 0.4) is 0 Å². The smallest absolute Gasteiger partial charge is 0.266 e. The molecule has 0 bridgehead atoms. The van der Waals surface area contributed by atoms with Crippen LogP contribution in [0.4, 0.5) is 5.82 Å². The fraction of sp³-hybridized carbons (Fsp3) is 0.444. The summed E-state index contributed by atoms with van der Waals surface area (Å²) < 4.78 is 10.9. The van der Waals surface area contributed by atoms with E-state index in [1.165, 1.54) is 5.56 Å². The van der Waals surface area contributed by atoms with E-state index >= 15 is 0 Å². The number of aromatic nitrogens is 1. The standard InChI is InChI=1S/C18H24N2O3/c1-11-7-8-14(9-12(11)2)22-13(3)17(21)19-16-10-15(23-20-16)18(4,5)6/h7-10,13H,1-6H3,(H,19,20,21)/t13-/m0/s1. The van der Waals surface area contributed by atoms with Crippen molar-refractivity contribution in [2.45, 2.75) is 53.1 Å². The quantitative estimate of drug-likeness (QED) is 0.926. The molecule has 0 fully saturated rings. The van der Waals surface area contributed by atoms with E-state index in [0.29, 0.717) is 11.6 Å². The maximum absolute atomic E-state index is 12.2. The first kappa shape index (κ1) is 17.1. The first-order chi connectivity index (χ1) is 10.7. The van der Waals surface area contributed by atoms with E-state index in [1.54, 1.807) is 13.0 Å². The molecule has 5 heteroatoms. The van der Waals surface area contributed by atoms with Crippen LogP contribution in [-0.2, 0) is 10.2 Å². The predicted octanol–water partition coefficient (Wildman–Crippen LogP) is 3.99. The summed E-state index contributed by atoms with van der Waals surface area (Å²) in [5, 5.41) is 6.59. The normalized spacial score (nSPS) is 12.8. The third-order valence-electron chi connectivity index (χ3n) is 3.66. The maximum atomic E-state index is 12.2. The van der Waals surface area contributed by atoms with Gasteiger partial charge in [0.25, 0.3) is 5.91 Å². The van der Waals surface area contributed by atoms with Crippen molar-refractivity contribution in [2.24, 2.45) is 0 Å². The molecule has 23 heavy (non-hydrogen) atoms. The SMILES string of the molecule is Cc1ccc(O[C@@H](C)C(=O)Nc2cc(C(C)(C)C)on2)cc1C. The minimum Gasteiger partial charge on any atom is -0.481 e. The van der Waals surface area contributed by atoms with Gasteiger partial charge in [0.1, 0.15) is 11.5 Å². The van der Waals surface area contributed by atoms with E-state index in [1.807, 2.05) is 52.8 Å². The lowest BCUT2D eigenvalue weighted by atomic mass is 9.93. The summed E-state index contributed by atoms with van der Waals surface area (Å²) in [6.45, 7) is 11.8. The predicted molar refractivity (Wildman–Crippen MR) is 89.8 cm³/mol. The molecular weight excluding hydrogens is 292 g/mol. The van der Waals surface area contributed by atoms with E-state index < -0.39 is 6.10 Å². The van der Waals surface area contributed by atoms with Crippen molar-refractivity contribution in [1.82, 2.24) is 5.16 Å². The Kier molecular flexibility index (Phi) is 4.78. The van der Waals surface area contributed by atoms with Crippen LogP contribution in [0.2, 0.25) is 0 Å². The second-order valence-corrected chi connectivity index (χ2v) is 6.82. The highest BCUT2D eigenvalue weighted by Gasteiger charge is 2.22. The highest BCUT2D eigenvalue weighted by Crippen LogP contribution is 2.24. The lowest BCUT2D eigenvalue weighted by Gasteiger charge is -2.14. The average molecular weight is 316 g/mol. The highest BCUT2D eigenvalue weighted by molar-refractivity contribution is 5.93. The minimum absolute atomic E-state index is 0.155. The molecule has 0 unspecified atom stereocenters. The second kappa shape index (κ2) is 6.44. The second-order valence-electron chi connectivity index (χ2n) is 6.82. The number of anilines is 1. The fourth-order valence-electron chi connectivity index (χ4n) is 1.96. The van der Waals surface area contributed by atoms with Crippen molar-refractivity contribution >= 4 is 11.7 Å². The Balaban J connectivity index is 1.99. The molecule has 0 spiro atoms. The van der Waals surface area contributed by atoms with Gasteiger partial charge in [-0.3, -0.25) is 4.79 Å². The Morgan fingerprint density at radius 2 is 1.91 bits per heavy atom. The highest BCUT2D eigenvalue weighted by atomic mass is 16.5. The zero-order chi connectivity index (χ0) is 17.2. The fourth-order valence-corrected chi connectivity index (χ4v) is 1.96. The molecule has 124 valence electrons. The number of nitrogens with zero attached hydrogens (tertiary/aromatic N) is 1. The van der Waals surface area contributed by atoms with Crippen molar-refractivity contribution in [1.29, 1.82) is 0 Å². The number of carbonyl (C=O) groups is 1. The van der Waals surface area contributed by atoms with Gasteiger partial charge < -0.3 is 14.6 Å². The molecule has 0 saturated heterocycles. The van der Waals surface area contributed by atoms with Crippen molar-refractivity contribution in [3.8, 4) is 5.75 Å². The van der Waals surface area contributed by atoms with Crippen molar-refractivity contribution in [3.63, 3.8) is 0 Å². The van der Waals surface area contributed by atoms with Gasteiger partial charge in [-0.1, -0.05) is 32.0 Å². The lowest BCUT2D eigenvalue weighted by molar-refractivity contribution is -0.122. The van der Waals surface area contributed by atoms with E-state index in [0.717, 1.165) is 11.3 Å². The molecule has 1 heterocycles. The van der Waals surface area contributed by atoms with Gasteiger partial charge in [0.2, 0.25) is 0 Å². The molecule has 0 aliphatic carbocycles. The molecule has 1 N–H and O–H groups in total. The number of aryl methyl sites for hydroxylation is 2. The average Bonchev–Trinajstić information content (AvgIpc) is 2.91. The largest absolute Gasteiger partial charge is 0.481 e. The van der Waals surface area contributed by atoms with Gasteiger partial charge in [-0.2, -0.15) is 0 Å². The summed E-state index contributed by atoms with van der Waals surface area (Å²) in [5.74, 6) is 1.52. The molecule has 5 nitrogen and oxygen atoms in total. The Morgan fingerprint density at radius 1 is 1.22 bits per heavy atom. The Labute approximate surface area is 137 Å². The van der Waals surface area contributed by atoms with Crippen molar-refractivity contribution in [2.75, 3.05) is 5.32 Å². The molecule has 0 aliphatic heterocycles. The first-order valence-electron chi connectivity index (χ1n) is 7.69. The van der Waals surface area contributed by atoms with Crippen LogP contribution in [0.1, 0.15) is 44.6 Å². The number of ether oxygens (including phenoxy) is 1. The molecule has 1 amide bonds. The van der Waals surface area contributed by atoms with Crippen LogP contribution < -0.4 is 10.1 Å².